The van der Waals surface area contributed by atoms with Gasteiger partial charge in [0.05, 0.1) is 12.2 Å². The maximum absolute atomic E-state index is 10.5. The quantitative estimate of drug-likeness (QED) is 0.538. The van der Waals surface area contributed by atoms with Crippen LogP contribution in [-0.4, -0.2) is 28.2 Å². The highest BCUT2D eigenvalue weighted by molar-refractivity contribution is 5.18. The van der Waals surface area contributed by atoms with Crippen LogP contribution >= 0.6 is 0 Å². The van der Waals surface area contributed by atoms with E-state index in [1.165, 1.54) is 5.56 Å². The molecule has 0 heterocycles. The second-order valence-corrected chi connectivity index (χ2v) is 7.19. The summed E-state index contributed by atoms with van der Waals surface area (Å²) in [5.74, 6) is 0. The van der Waals surface area contributed by atoms with E-state index in [1.54, 1.807) is 0 Å². The number of aliphatic hydroxyl groups excluding tert-OH is 2. The van der Waals surface area contributed by atoms with Crippen molar-refractivity contribution in [1.29, 1.82) is 0 Å². The first kappa shape index (κ1) is 20.3. The molecule has 3 aromatic carbocycles. The molecule has 0 saturated heterocycles. The van der Waals surface area contributed by atoms with Crippen molar-refractivity contribution in [2.45, 2.75) is 31.6 Å². The first-order chi connectivity index (χ1) is 13.7. The topological polar surface area (TPSA) is 43.7 Å². The molecular formula is C25H29NO2. The monoisotopic (exact) mass is 375 g/mol. The molecule has 0 spiro atoms. The van der Waals surface area contributed by atoms with Gasteiger partial charge in [0.25, 0.3) is 0 Å². The van der Waals surface area contributed by atoms with Gasteiger partial charge in [-0.3, -0.25) is 4.90 Å². The van der Waals surface area contributed by atoms with E-state index in [4.69, 9.17) is 0 Å². The van der Waals surface area contributed by atoms with Crippen LogP contribution in [0.25, 0.3) is 0 Å². The molecule has 0 aromatic heterocycles. The molecule has 0 saturated carbocycles. The minimum absolute atomic E-state index is 0.474. The van der Waals surface area contributed by atoms with Crippen molar-refractivity contribution >= 4 is 0 Å². The third kappa shape index (κ3) is 6.31. The fourth-order valence-electron chi connectivity index (χ4n) is 3.40. The largest absolute Gasteiger partial charge is 0.388 e. The summed E-state index contributed by atoms with van der Waals surface area (Å²) in [6.07, 6.45) is 0.383. The minimum Gasteiger partial charge on any atom is -0.388 e. The van der Waals surface area contributed by atoms with E-state index in [-0.39, 0.29) is 0 Å². The SMILES string of the molecule is O[C@H](CCN(CC[C@@H](O)c1ccccc1)Cc1ccccc1)c1ccccc1. The maximum Gasteiger partial charge on any atom is 0.0802 e. The van der Waals surface area contributed by atoms with Crippen LogP contribution in [0, 0.1) is 0 Å². The lowest BCUT2D eigenvalue weighted by Crippen LogP contribution is -2.28. The number of nitrogens with zero attached hydrogens (tertiary/aromatic N) is 1. The summed E-state index contributed by atoms with van der Waals surface area (Å²) in [5, 5.41) is 21.0. The molecule has 3 aromatic rings. The molecule has 0 bridgehead atoms. The molecule has 0 aliphatic rings. The Hall–Kier alpha value is -2.46. The van der Waals surface area contributed by atoms with E-state index >= 15 is 0 Å². The Morgan fingerprint density at radius 1 is 0.571 bits per heavy atom. The molecule has 2 atom stereocenters. The molecule has 3 heteroatoms. The molecule has 2 N–H and O–H groups in total. The summed E-state index contributed by atoms with van der Waals surface area (Å²) in [7, 11) is 0. The summed E-state index contributed by atoms with van der Waals surface area (Å²) in [6.45, 7) is 2.35. The van der Waals surface area contributed by atoms with Crippen molar-refractivity contribution < 1.29 is 10.2 Å². The average molecular weight is 376 g/mol. The van der Waals surface area contributed by atoms with Gasteiger partial charge in [-0.05, 0) is 29.5 Å². The fourth-order valence-corrected chi connectivity index (χ4v) is 3.40. The maximum atomic E-state index is 10.5. The van der Waals surface area contributed by atoms with Crippen molar-refractivity contribution in [3.63, 3.8) is 0 Å². The van der Waals surface area contributed by atoms with Gasteiger partial charge in [0.1, 0.15) is 0 Å². The summed E-state index contributed by atoms with van der Waals surface area (Å²) in [4.78, 5) is 2.31. The molecule has 0 aliphatic carbocycles. The van der Waals surface area contributed by atoms with Crippen molar-refractivity contribution in [3.05, 3.63) is 108 Å². The second-order valence-electron chi connectivity index (χ2n) is 7.19. The highest BCUT2D eigenvalue weighted by atomic mass is 16.3. The lowest BCUT2D eigenvalue weighted by atomic mass is 10.0. The standard InChI is InChI=1S/C25H29NO2/c27-24(22-12-6-2-7-13-22)16-18-26(20-21-10-4-1-5-11-21)19-17-25(28)23-14-8-3-9-15-23/h1-15,24-25,27-28H,16-20H2/t24-,25-/m1/s1. The first-order valence-electron chi connectivity index (χ1n) is 9.94. The van der Waals surface area contributed by atoms with Crippen LogP contribution in [0.5, 0.6) is 0 Å². The number of hydrogen-bond acceptors (Lipinski definition) is 3. The molecule has 0 aliphatic heterocycles. The zero-order valence-electron chi connectivity index (χ0n) is 16.2. The summed E-state index contributed by atoms with van der Waals surface area (Å²) in [6, 6.07) is 29.9. The predicted molar refractivity (Wildman–Crippen MR) is 114 cm³/mol. The second kappa shape index (κ2) is 10.8. The van der Waals surface area contributed by atoms with Crippen LogP contribution in [0.15, 0.2) is 91.0 Å². The van der Waals surface area contributed by atoms with Gasteiger partial charge < -0.3 is 10.2 Å². The van der Waals surface area contributed by atoms with Gasteiger partial charge in [-0.1, -0.05) is 91.0 Å². The number of benzene rings is 3. The van der Waals surface area contributed by atoms with E-state index in [9.17, 15) is 10.2 Å². The highest BCUT2D eigenvalue weighted by Crippen LogP contribution is 2.20. The Balaban J connectivity index is 1.59. The lowest BCUT2D eigenvalue weighted by Gasteiger charge is -2.25. The van der Waals surface area contributed by atoms with Crippen LogP contribution in [-0.2, 0) is 6.54 Å². The molecule has 28 heavy (non-hydrogen) atoms. The van der Waals surface area contributed by atoms with Gasteiger partial charge in [-0.2, -0.15) is 0 Å². The molecule has 3 nitrogen and oxygen atoms in total. The van der Waals surface area contributed by atoms with Crippen LogP contribution < -0.4 is 0 Å². The third-order valence-electron chi connectivity index (χ3n) is 5.06. The van der Waals surface area contributed by atoms with E-state index in [2.05, 4.69) is 17.0 Å². The molecule has 0 unspecified atom stereocenters. The average Bonchev–Trinajstić information content (AvgIpc) is 2.77. The summed E-state index contributed by atoms with van der Waals surface area (Å²) < 4.78 is 0. The van der Waals surface area contributed by atoms with Gasteiger partial charge in [-0.15, -0.1) is 0 Å². The normalized spacial score (nSPS) is 13.4. The van der Waals surface area contributed by atoms with Crippen LogP contribution in [0.1, 0.15) is 41.7 Å². The molecule has 0 fully saturated rings. The first-order valence-corrected chi connectivity index (χ1v) is 9.94. The Labute approximate surface area is 167 Å². The van der Waals surface area contributed by atoms with Crippen LogP contribution in [0.3, 0.4) is 0 Å². The van der Waals surface area contributed by atoms with Gasteiger partial charge in [-0.25, -0.2) is 0 Å². The van der Waals surface area contributed by atoms with E-state index in [1.807, 2.05) is 78.9 Å². The van der Waals surface area contributed by atoms with Gasteiger partial charge in [0.15, 0.2) is 0 Å². The molecular weight excluding hydrogens is 346 g/mol. The van der Waals surface area contributed by atoms with Crippen LogP contribution in [0.4, 0.5) is 0 Å². The summed E-state index contributed by atoms with van der Waals surface area (Å²) in [5.41, 5.74) is 3.14. The fraction of sp³-hybridized carbons (Fsp3) is 0.280. The third-order valence-corrected chi connectivity index (χ3v) is 5.06. The molecule has 3 rings (SSSR count). The predicted octanol–water partition coefficient (Wildman–Crippen LogP) is 4.74. The molecule has 0 amide bonds. The van der Waals surface area contributed by atoms with Crippen molar-refractivity contribution in [2.24, 2.45) is 0 Å². The summed E-state index contributed by atoms with van der Waals surface area (Å²) >= 11 is 0. The van der Waals surface area contributed by atoms with Gasteiger partial charge >= 0.3 is 0 Å². The van der Waals surface area contributed by atoms with E-state index in [0.717, 1.165) is 30.8 Å². The molecule has 146 valence electrons. The highest BCUT2D eigenvalue weighted by Gasteiger charge is 2.14. The Morgan fingerprint density at radius 3 is 1.39 bits per heavy atom. The number of hydrogen-bond donors (Lipinski definition) is 2. The van der Waals surface area contributed by atoms with Crippen molar-refractivity contribution in [2.75, 3.05) is 13.1 Å². The van der Waals surface area contributed by atoms with Crippen molar-refractivity contribution in [3.8, 4) is 0 Å². The number of rotatable bonds is 10. The molecule has 0 radical (unpaired) electrons. The zero-order valence-corrected chi connectivity index (χ0v) is 16.2. The Bertz CT molecular complexity index is 743. The smallest absolute Gasteiger partial charge is 0.0802 e. The van der Waals surface area contributed by atoms with E-state index in [0.29, 0.717) is 12.8 Å². The van der Waals surface area contributed by atoms with Gasteiger partial charge in [0, 0.05) is 19.6 Å². The van der Waals surface area contributed by atoms with Crippen molar-refractivity contribution in [1.82, 2.24) is 4.90 Å². The zero-order chi connectivity index (χ0) is 19.6. The minimum atomic E-state index is -0.474. The Kier molecular flexibility index (Phi) is 7.80. The van der Waals surface area contributed by atoms with E-state index < -0.39 is 12.2 Å². The van der Waals surface area contributed by atoms with Gasteiger partial charge in [0.2, 0.25) is 0 Å². The Morgan fingerprint density at radius 2 is 0.964 bits per heavy atom. The lowest BCUT2D eigenvalue weighted by molar-refractivity contribution is 0.117. The van der Waals surface area contributed by atoms with Crippen LogP contribution in [0.2, 0.25) is 0 Å². The number of aliphatic hydroxyl groups is 2.